The van der Waals surface area contributed by atoms with Gasteiger partial charge in [-0.05, 0) is 18.4 Å². The van der Waals surface area contributed by atoms with Crippen molar-refractivity contribution >= 4 is 23.6 Å². The Morgan fingerprint density at radius 1 is 1.26 bits per heavy atom. The molecule has 1 rings (SSSR count). The van der Waals surface area contributed by atoms with Crippen LogP contribution in [0.5, 0.6) is 0 Å². The van der Waals surface area contributed by atoms with E-state index >= 15 is 0 Å². The number of carbonyl (C=O) groups is 2. The fourth-order valence-corrected chi connectivity index (χ4v) is 1.89. The first-order chi connectivity index (χ1) is 8.88. The maximum absolute atomic E-state index is 13.2. The summed E-state index contributed by atoms with van der Waals surface area (Å²) in [4.78, 5) is 24.2. The molecule has 0 aliphatic heterocycles. The van der Waals surface area contributed by atoms with Gasteiger partial charge in [0.25, 0.3) is 5.91 Å². The van der Waals surface area contributed by atoms with Crippen LogP contribution >= 0.6 is 11.8 Å². The number of hydrogen-bond donors (Lipinski definition) is 1. The van der Waals surface area contributed by atoms with Crippen molar-refractivity contribution in [1.29, 1.82) is 0 Å². The normalized spacial score (nSPS) is 10.3. The van der Waals surface area contributed by atoms with E-state index in [0.29, 0.717) is 24.4 Å². The lowest BCUT2D eigenvalue weighted by molar-refractivity contribution is 0.0681. The summed E-state index contributed by atoms with van der Waals surface area (Å²) < 4.78 is 26.2. The summed E-state index contributed by atoms with van der Waals surface area (Å²) in [5.41, 5.74) is -0.894. The molecule has 0 radical (unpaired) electrons. The van der Waals surface area contributed by atoms with Gasteiger partial charge in [0.1, 0.15) is 0 Å². The van der Waals surface area contributed by atoms with Gasteiger partial charge in [0, 0.05) is 19.3 Å². The van der Waals surface area contributed by atoms with Gasteiger partial charge in [-0.25, -0.2) is 13.6 Å². The van der Waals surface area contributed by atoms with Crippen molar-refractivity contribution in [3.05, 3.63) is 34.9 Å². The van der Waals surface area contributed by atoms with E-state index < -0.39 is 29.1 Å². The summed E-state index contributed by atoms with van der Waals surface area (Å²) in [5, 5.41) is 8.92. The highest BCUT2D eigenvalue weighted by atomic mass is 32.2. The SMILES string of the molecule is CSCCN(C)C(=O)c1cc(F)c(F)cc1C(=O)O. The number of halogens is 2. The monoisotopic (exact) mass is 289 g/mol. The first-order valence-electron chi connectivity index (χ1n) is 5.35. The molecule has 0 spiro atoms. The fourth-order valence-electron chi connectivity index (χ4n) is 1.44. The van der Waals surface area contributed by atoms with Crippen molar-refractivity contribution in [3.8, 4) is 0 Å². The third kappa shape index (κ3) is 3.66. The standard InChI is InChI=1S/C12H13F2NO3S/c1-15(3-4-19-2)11(16)7-5-9(13)10(14)6-8(7)12(17)18/h5-6H,3-4H2,1-2H3,(H,17,18). The van der Waals surface area contributed by atoms with Crippen LogP contribution in [0.3, 0.4) is 0 Å². The van der Waals surface area contributed by atoms with Gasteiger partial charge in [0.05, 0.1) is 11.1 Å². The van der Waals surface area contributed by atoms with Crippen molar-refractivity contribution < 1.29 is 23.5 Å². The Kier molecular flexibility index (Phi) is 5.29. The largest absolute Gasteiger partial charge is 0.478 e. The lowest BCUT2D eigenvalue weighted by Crippen LogP contribution is -2.30. The molecule has 1 amide bonds. The summed E-state index contributed by atoms with van der Waals surface area (Å²) in [5.74, 6) is -3.99. The highest BCUT2D eigenvalue weighted by Crippen LogP contribution is 2.17. The van der Waals surface area contributed by atoms with E-state index in [9.17, 15) is 18.4 Å². The summed E-state index contributed by atoms with van der Waals surface area (Å²) in [6, 6.07) is 1.14. The van der Waals surface area contributed by atoms with Crippen LogP contribution in [-0.4, -0.2) is 47.5 Å². The van der Waals surface area contributed by atoms with Crippen molar-refractivity contribution in [2.45, 2.75) is 0 Å². The van der Waals surface area contributed by atoms with E-state index in [1.165, 1.54) is 23.7 Å². The Morgan fingerprint density at radius 3 is 2.26 bits per heavy atom. The van der Waals surface area contributed by atoms with Crippen molar-refractivity contribution in [2.75, 3.05) is 25.6 Å². The number of amides is 1. The van der Waals surface area contributed by atoms with Crippen molar-refractivity contribution in [1.82, 2.24) is 4.90 Å². The number of carboxylic acid groups (broad SMARTS) is 1. The highest BCUT2D eigenvalue weighted by molar-refractivity contribution is 7.98. The van der Waals surface area contributed by atoms with Gasteiger partial charge >= 0.3 is 5.97 Å². The molecule has 0 aliphatic rings. The zero-order valence-electron chi connectivity index (χ0n) is 10.4. The molecular formula is C12H13F2NO3S. The summed E-state index contributed by atoms with van der Waals surface area (Å²) in [6.45, 7) is 0.387. The van der Waals surface area contributed by atoms with Crippen LogP contribution in [0.4, 0.5) is 8.78 Å². The van der Waals surface area contributed by atoms with Gasteiger partial charge in [-0.2, -0.15) is 11.8 Å². The van der Waals surface area contributed by atoms with Crippen LogP contribution in [0.1, 0.15) is 20.7 Å². The van der Waals surface area contributed by atoms with E-state index in [-0.39, 0.29) is 5.56 Å². The number of nitrogens with zero attached hydrogens (tertiary/aromatic N) is 1. The van der Waals surface area contributed by atoms with E-state index in [0.717, 1.165) is 0 Å². The molecule has 4 nitrogen and oxygen atoms in total. The van der Waals surface area contributed by atoms with E-state index in [1.54, 1.807) is 0 Å². The second-order valence-electron chi connectivity index (χ2n) is 3.84. The average molecular weight is 289 g/mol. The summed E-state index contributed by atoms with van der Waals surface area (Å²) in [6.07, 6.45) is 1.86. The molecule has 1 N–H and O–H groups in total. The Balaban J connectivity index is 3.14. The molecule has 0 saturated carbocycles. The molecule has 7 heteroatoms. The molecule has 104 valence electrons. The van der Waals surface area contributed by atoms with Gasteiger partial charge < -0.3 is 10.0 Å². The molecule has 1 aromatic rings. The number of aromatic carboxylic acids is 1. The number of carboxylic acids is 1. The van der Waals surface area contributed by atoms with Gasteiger partial charge in [0.2, 0.25) is 0 Å². The molecule has 0 heterocycles. The Labute approximate surface area is 113 Å². The maximum Gasteiger partial charge on any atom is 0.336 e. The first-order valence-corrected chi connectivity index (χ1v) is 6.74. The minimum atomic E-state index is -1.47. The molecule has 0 aliphatic carbocycles. The first kappa shape index (κ1) is 15.4. The Bertz CT molecular complexity index is 508. The van der Waals surface area contributed by atoms with Gasteiger partial charge in [-0.1, -0.05) is 0 Å². The van der Waals surface area contributed by atoms with Crippen LogP contribution in [-0.2, 0) is 0 Å². The molecule has 0 fully saturated rings. The van der Waals surface area contributed by atoms with Gasteiger partial charge in [-0.3, -0.25) is 4.79 Å². The molecule has 1 aromatic carbocycles. The summed E-state index contributed by atoms with van der Waals surface area (Å²) in [7, 11) is 1.48. The third-order valence-corrected chi connectivity index (χ3v) is 3.09. The topological polar surface area (TPSA) is 57.6 Å². The maximum atomic E-state index is 13.2. The number of carbonyl (C=O) groups excluding carboxylic acids is 1. The van der Waals surface area contributed by atoms with E-state index in [1.807, 2.05) is 6.26 Å². The fraction of sp³-hybridized carbons (Fsp3) is 0.333. The molecule has 0 aromatic heterocycles. The van der Waals surface area contributed by atoms with Crippen LogP contribution in [0, 0.1) is 11.6 Å². The van der Waals surface area contributed by atoms with E-state index in [2.05, 4.69) is 0 Å². The smallest absolute Gasteiger partial charge is 0.336 e. The third-order valence-electron chi connectivity index (χ3n) is 2.50. The Morgan fingerprint density at radius 2 is 1.79 bits per heavy atom. The lowest BCUT2D eigenvalue weighted by atomic mass is 10.1. The zero-order valence-corrected chi connectivity index (χ0v) is 11.3. The highest BCUT2D eigenvalue weighted by Gasteiger charge is 2.22. The Hall–Kier alpha value is -1.63. The number of hydrogen-bond acceptors (Lipinski definition) is 3. The van der Waals surface area contributed by atoms with E-state index in [4.69, 9.17) is 5.11 Å². The van der Waals surface area contributed by atoms with Crippen molar-refractivity contribution in [2.24, 2.45) is 0 Å². The quantitative estimate of drug-likeness (QED) is 0.902. The van der Waals surface area contributed by atoms with Gasteiger partial charge in [-0.15, -0.1) is 0 Å². The second kappa shape index (κ2) is 6.51. The minimum absolute atomic E-state index is 0.352. The molecule has 0 atom stereocenters. The molecule has 19 heavy (non-hydrogen) atoms. The molecule has 0 saturated heterocycles. The average Bonchev–Trinajstić information content (AvgIpc) is 2.37. The number of rotatable bonds is 5. The zero-order chi connectivity index (χ0) is 14.6. The van der Waals surface area contributed by atoms with Crippen LogP contribution in [0.2, 0.25) is 0 Å². The van der Waals surface area contributed by atoms with Crippen LogP contribution in [0.15, 0.2) is 12.1 Å². The molecule has 0 bridgehead atoms. The van der Waals surface area contributed by atoms with Crippen molar-refractivity contribution in [3.63, 3.8) is 0 Å². The predicted molar refractivity (Wildman–Crippen MR) is 68.7 cm³/mol. The second-order valence-corrected chi connectivity index (χ2v) is 4.82. The minimum Gasteiger partial charge on any atom is -0.478 e. The molecule has 0 unspecified atom stereocenters. The van der Waals surface area contributed by atoms with Crippen LogP contribution < -0.4 is 0 Å². The number of thioether (sulfide) groups is 1. The van der Waals surface area contributed by atoms with Gasteiger partial charge in [0.15, 0.2) is 11.6 Å². The summed E-state index contributed by atoms with van der Waals surface area (Å²) >= 11 is 1.51. The number of benzene rings is 1. The molecular weight excluding hydrogens is 276 g/mol. The predicted octanol–water partition coefficient (Wildman–Crippen LogP) is 2.10. The van der Waals surface area contributed by atoms with Crippen LogP contribution in [0.25, 0.3) is 0 Å². The lowest BCUT2D eigenvalue weighted by Gasteiger charge is -2.17.